The molecule has 3 unspecified atom stereocenters. The minimum absolute atomic E-state index is 0.0341. The maximum atomic E-state index is 13.6. The summed E-state index contributed by atoms with van der Waals surface area (Å²) in [6.07, 6.45) is 86.1. The van der Waals surface area contributed by atoms with Gasteiger partial charge in [0.2, 0.25) is 5.91 Å². The minimum Gasteiger partial charge on any atom is -0.456 e. The van der Waals surface area contributed by atoms with Gasteiger partial charge in [-0.2, -0.15) is 0 Å². The van der Waals surface area contributed by atoms with Crippen LogP contribution in [0.5, 0.6) is 0 Å². The Balaban J connectivity index is 5.05. The molecule has 0 aromatic rings. The number of carbonyl (C=O) groups is 2. The van der Waals surface area contributed by atoms with Crippen molar-refractivity contribution in [1.29, 1.82) is 0 Å². The number of rotatable bonds is 65. The number of quaternary nitrogens is 1. The molecule has 0 aliphatic carbocycles. The predicted octanol–water partition coefficient (Wildman–Crippen LogP) is 22.9. The Morgan fingerprint density at radius 2 is 0.753 bits per heavy atom. The number of phosphoric ester groups is 1. The van der Waals surface area contributed by atoms with Gasteiger partial charge < -0.3 is 19.4 Å². The maximum Gasteiger partial charge on any atom is 0.472 e. The summed E-state index contributed by atoms with van der Waals surface area (Å²) in [4.78, 5) is 37.9. The van der Waals surface area contributed by atoms with Crippen LogP contribution in [-0.4, -0.2) is 74.3 Å². The summed E-state index contributed by atoms with van der Waals surface area (Å²) in [5.41, 5.74) is 0. The molecule has 494 valence electrons. The van der Waals surface area contributed by atoms with E-state index < -0.39 is 20.0 Å². The Hall–Kier alpha value is -2.81. The molecule has 0 aromatic carbocycles. The van der Waals surface area contributed by atoms with Crippen LogP contribution in [0.1, 0.15) is 329 Å². The molecular formula is C75H138N2O7P+. The summed E-state index contributed by atoms with van der Waals surface area (Å²) in [7, 11) is 1.48. The zero-order valence-corrected chi connectivity index (χ0v) is 57.5. The highest BCUT2D eigenvalue weighted by Gasteiger charge is 2.30. The molecule has 0 rings (SSSR count). The van der Waals surface area contributed by atoms with Crippen molar-refractivity contribution in [3.8, 4) is 0 Å². The fourth-order valence-electron chi connectivity index (χ4n) is 10.4. The van der Waals surface area contributed by atoms with Gasteiger partial charge in [-0.15, -0.1) is 0 Å². The molecule has 0 fully saturated rings. The summed E-state index contributed by atoms with van der Waals surface area (Å²) in [5, 5.41) is 3.06. The number of unbranched alkanes of at least 4 members (excludes halogenated alkanes) is 37. The molecule has 0 spiro atoms. The van der Waals surface area contributed by atoms with E-state index in [0.717, 1.165) is 103 Å². The standard InChI is InChI=1S/C75H137N2O7P/c1-7-10-13-16-19-22-25-27-29-31-33-35-37-38-40-41-43-45-47-49-52-55-58-61-64-67-74(78)76-72(71-83-85(80,81)82-70-69-77(4,5)6)73(66-63-60-57-54-51-24-21-18-15-12-9-3)84-75(79)68-65-62-59-56-53-50-48-46-44-42-39-36-34-32-30-28-26-23-20-17-14-11-8-2/h11,14,20,23,28,30,34,36,42,44,48,50,63,66,72-73H,7-10,12-13,15-19,21-22,24-27,29,31-33,35,37-41,43,45-47,49,51-62,64-65,67-71H2,1-6H3,(H-,76,78,80,81)/p+1/b14-11-,23-20-,30-28-,36-34-,44-42-,50-48-,66-63+. The highest BCUT2D eigenvalue weighted by Crippen LogP contribution is 2.43. The van der Waals surface area contributed by atoms with Crippen LogP contribution in [0.15, 0.2) is 85.1 Å². The molecule has 85 heavy (non-hydrogen) atoms. The van der Waals surface area contributed by atoms with Gasteiger partial charge in [0, 0.05) is 12.8 Å². The van der Waals surface area contributed by atoms with Gasteiger partial charge in [0.05, 0.1) is 33.8 Å². The van der Waals surface area contributed by atoms with Crippen LogP contribution < -0.4 is 5.32 Å². The van der Waals surface area contributed by atoms with Crippen LogP contribution in [0, 0.1) is 0 Å². The van der Waals surface area contributed by atoms with Crippen molar-refractivity contribution in [3.63, 3.8) is 0 Å². The summed E-state index contributed by atoms with van der Waals surface area (Å²) < 4.78 is 30.8. The second-order valence-electron chi connectivity index (χ2n) is 25.4. The molecule has 0 saturated heterocycles. The van der Waals surface area contributed by atoms with Crippen molar-refractivity contribution < 1.29 is 37.3 Å². The van der Waals surface area contributed by atoms with Crippen LogP contribution >= 0.6 is 7.82 Å². The lowest BCUT2D eigenvalue weighted by Crippen LogP contribution is -2.47. The van der Waals surface area contributed by atoms with E-state index in [9.17, 15) is 19.0 Å². The molecule has 0 aromatic heterocycles. The first-order chi connectivity index (χ1) is 41.4. The molecule has 0 aliphatic rings. The summed E-state index contributed by atoms with van der Waals surface area (Å²) in [5.74, 6) is -0.526. The number of nitrogens with zero attached hydrogens (tertiary/aromatic N) is 1. The van der Waals surface area contributed by atoms with Crippen LogP contribution in [0.4, 0.5) is 0 Å². The average molecular weight is 1210 g/mol. The maximum absolute atomic E-state index is 13.6. The molecule has 2 N–H and O–H groups in total. The SMILES string of the molecule is CC/C=C\C/C=C\C/C=C\C/C=C\C/C=C\C/C=C\CCCCCCC(=O)OC(/C=C/CCCCCCCCCCC)C(COP(=O)(O)OCC[N+](C)(C)C)NC(=O)CCCCCCCCCCCCCCCCCCCCCCCCCCC. The van der Waals surface area contributed by atoms with Crippen LogP contribution in [0.25, 0.3) is 0 Å². The van der Waals surface area contributed by atoms with Crippen LogP contribution in [-0.2, 0) is 27.9 Å². The molecular weight excluding hydrogens is 1070 g/mol. The second kappa shape index (κ2) is 64.2. The van der Waals surface area contributed by atoms with E-state index in [-0.39, 0.29) is 31.5 Å². The van der Waals surface area contributed by atoms with Gasteiger partial charge >= 0.3 is 13.8 Å². The van der Waals surface area contributed by atoms with Crippen LogP contribution in [0.3, 0.4) is 0 Å². The third kappa shape index (κ3) is 65.5. The Morgan fingerprint density at radius 1 is 0.424 bits per heavy atom. The third-order valence-electron chi connectivity index (χ3n) is 15.8. The van der Waals surface area contributed by atoms with Gasteiger partial charge in [-0.3, -0.25) is 18.6 Å². The molecule has 0 aliphatic heterocycles. The lowest BCUT2D eigenvalue weighted by atomic mass is 10.0. The minimum atomic E-state index is -4.46. The van der Waals surface area contributed by atoms with E-state index in [2.05, 4.69) is 99.0 Å². The lowest BCUT2D eigenvalue weighted by molar-refractivity contribution is -0.870. The number of amides is 1. The van der Waals surface area contributed by atoms with E-state index in [1.807, 2.05) is 33.3 Å². The Labute approximate surface area is 526 Å². The smallest absolute Gasteiger partial charge is 0.456 e. The summed E-state index contributed by atoms with van der Waals surface area (Å²) >= 11 is 0. The lowest BCUT2D eigenvalue weighted by Gasteiger charge is -2.27. The number of likely N-dealkylation sites (N-methyl/N-ethyl adjacent to an activating group) is 1. The first kappa shape index (κ1) is 82.2. The van der Waals surface area contributed by atoms with Crippen molar-refractivity contribution >= 4 is 19.7 Å². The fraction of sp³-hybridized carbons (Fsp3) is 0.787. The number of hydrogen-bond donors (Lipinski definition) is 2. The number of allylic oxidation sites excluding steroid dienone is 13. The Kier molecular flexibility index (Phi) is 62.1. The topological polar surface area (TPSA) is 111 Å². The summed E-state index contributed by atoms with van der Waals surface area (Å²) in [6, 6.07) is -0.862. The monoisotopic (exact) mass is 1210 g/mol. The van der Waals surface area contributed by atoms with Crippen molar-refractivity contribution in [2.45, 2.75) is 341 Å². The number of phosphoric acid groups is 1. The number of esters is 1. The summed E-state index contributed by atoms with van der Waals surface area (Å²) in [6.45, 7) is 6.91. The quantitative estimate of drug-likeness (QED) is 0.0205. The third-order valence-corrected chi connectivity index (χ3v) is 16.8. The predicted molar refractivity (Wildman–Crippen MR) is 369 cm³/mol. The van der Waals surface area contributed by atoms with Gasteiger partial charge in [0.25, 0.3) is 0 Å². The zero-order chi connectivity index (χ0) is 62.1. The molecule has 0 bridgehead atoms. The number of hydrogen-bond acceptors (Lipinski definition) is 6. The first-order valence-corrected chi connectivity index (χ1v) is 37.4. The largest absolute Gasteiger partial charge is 0.472 e. The van der Waals surface area contributed by atoms with Gasteiger partial charge in [-0.25, -0.2) is 4.57 Å². The normalized spacial score (nSPS) is 14.0. The molecule has 9 nitrogen and oxygen atoms in total. The van der Waals surface area contributed by atoms with Crippen molar-refractivity contribution in [2.24, 2.45) is 0 Å². The molecule has 1 amide bonds. The number of carbonyl (C=O) groups excluding carboxylic acids is 2. The molecule has 0 saturated carbocycles. The van der Waals surface area contributed by atoms with E-state index in [0.29, 0.717) is 23.9 Å². The highest BCUT2D eigenvalue weighted by molar-refractivity contribution is 7.47. The van der Waals surface area contributed by atoms with Crippen LogP contribution in [0.2, 0.25) is 0 Å². The van der Waals surface area contributed by atoms with Gasteiger partial charge in [0.15, 0.2) is 0 Å². The number of ether oxygens (including phenoxy) is 1. The molecule has 3 atom stereocenters. The fourth-order valence-corrected chi connectivity index (χ4v) is 11.1. The molecule has 10 heteroatoms. The number of nitrogens with one attached hydrogen (secondary N) is 1. The highest BCUT2D eigenvalue weighted by atomic mass is 31.2. The Bertz CT molecular complexity index is 1730. The second-order valence-corrected chi connectivity index (χ2v) is 26.8. The average Bonchev–Trinajstić information content (AvgIpc) is 3.62. The van der Waals surface area contributed by atoms with Crippen molar-refractivity contribution in [2.75, 3.05) is 40.9 Å². The molecule has 0 radical (unpaired) electrons. The van der Waals surface area contributed by atoms with Crippen molar-refractivity contribution in [3.05, 3.63) is 85.1 Å². The Morgan fingerprint density at radius 3 is 1.13 bits per heavy atom. The van der Waals surface area contributed by atoms with Gasteiger partial charge in [0.1, 0.15) is 19.3 Å². The molecule has 0 heterocycles. The zero-order valence-electron chi connectivity index (χ0n) is 56.6. The van der Waals surface area contributed by atoms with E-state index >= 15 is 0 Å². The first-order valence-electron chi connectivity index (χ1n) is 35.9. The van der Waals surface area contributed by atoms with Gasteiger partial charge in [-0.05, 0) is 83.1 Å². The van der Waals surface area contributed by atoms with E-state index in [1.165, 1.54) is 186 Å². The van der Waals surface area contributed by atoms with Gasteiger partial charge in [-0.1, -0.05) is 318 Å². The van der Waals surface area contributed by atoms with E-state index in [1.54, 1.807) is 0 Å². The van der Waals surface area contributed by atoms with Crippen molar-refractivity contribution in [1.82, 2.24) is 5.32 Å². The van der Waals surface area contributed by atoms with E-state index in [4.69, 9.17) is 13.8 Å².